The Bertz CT molecular complexity index is 1050. The molecule has 1 aliphatic rings. The van der Waals surface area contributed by atoms with Gasteiger partial charge >= 0.3 is 0 Å². The summed E-state index contributed by atoms with van der Waals surface area (Å²) < 4.78 is 19.3. The zero-order valence-corrected chi connectivity index (χ0v) is 19.6. The fraction of sp³-hybridized carbons (Fsp3) is 0.385. The van der Waals surface area contributed by atoms with Gasteiger partial charge in [-0.05, 0) is 81.9 Å². The fourth-order valence-corrected chi connectivity index (χ4v) is 3.99. The monoisotopic (exact) mass is 454 g/mol. The van der Waals surface area contributed by atoms with E-state index >= 15 is 0 Å². The van der Waals surface area contributed by atoms with Crippen molar-refractivity contribution >= 4 is 17.4 Å². The second kappa shape index (κ2) is 10.6. The van der Waals surface area contributed by atoms with Crippen LogP contribution < -0.4 is 4.74 Å². The molecule has 2 aromatic rings. The van der Waals surface area contributed by atoms with Crippen molar-refractivity contribution in [1.82, 2.24) is 9.80 Å². The molecular formula is C26H31FN2O4. The van der Waals surface area contributed by atoms with E-state index < -0.39 is 23.5 Å². The molecule has 1 heterocycles. The van der Waals surface area contributed by atoms with Gasteiger partial charge in [0.2, 0.25) is 0 Å². The van der Waals surface area contributed by atoms with E-state index in [-0.39, 0.29) is 11.3 Å². The maximum absolute atomic E-state index is 13.6. The summed E-state index contributed by atoms with van der Waals surface area (Å²) in [4.78, 5) is 29.5. The van der Waals surface area contributed by atoms with Crippen molar-refractivity contribution in [2.45, 2.75) is 32.7 Å². The summed E-state index contributed by atoms with van der Waals surface area (Å²) in [5.41, 5.74) is 1.82. The Labute approximate surface area is 194 Å². The summed E-state index contributed by atoms with van der Waals surface area (Å²) in [7, 11) is 3.86. The van der Waals surface area contributed by atoms with E-state index in [1.54, 1.807) is 30.3 Å². The number of hydrogen-bond donors (Lipinski definition) is 1. The van der Waals surface area contributed by atoms with Gasteiger partial charge in [0.15, 0.2) is 0 Å². The number of aryl methyl sites for hydroxylation is 1. The molecule has 1 fully saturated rings. The lowest BCUT2D eigenvalue weighted by atomic mass is 9.94. The number of amides is 1. The zero-order valence-electron chi connectivity index (χ0n) is 19.6. The van der Waals surface area contributed by atoms with Crippen LogP contribution in [0.4, 0.5) is 4.39 Å². The highest BCUT2D eigenvalue weighted by molar-refractivity contribution is 6.46. The molecule has 7 heteroatoms. The molecule has 0 bridgehead atoms. The number of halogens is 1. The zero-order chi connectivity index (χ0) is 24.1. The van der Waals surface area contributed by atoms with E-state index in [1.807, 2.05) is 32.8 Å². The number of nitrogens with zero attached hydrogens (tertiary/aromatic N) is 2. The Hall–Kier alpha value is -3.19. The first-order valence-electron chi connectivity index (χ1n) is 11.2. The Morgan fingerprint density at radius 2 is 1.85 bits per heavy atom. The summed E-state index contributed by atoms with van der Waals surface area (Å²) >= 11 is 0. The topological polar surface area (TPSA) is 70.1 Å². The molecule has 1 N–H and O–H groups in total. The molecule has 1 amide bonds. The van der Waals surface area contributed by atoms with Gasteiger partial charge in [0, 0.05) is 12.1 Å². The lowest BCUT2D eigenvalue weighted by molar-refractivity contribution is -0.139. The highest BCUT2D eigenvalue weighted by atomic mass is 19.1. The Morgan fingerprint density at radius 1 is 1.15 bits per heavy atom. The minimum atomic E-state index is -0.788. The summed E-state index contributed by atoms with van der Waals surface area (Å²) in [6.07, 6.45) is 1.52. The first-order valence-corrected chi connectivity index (χ1v) is 11.2. The average Bonchev–Trinajstić information content (AvgIpc) is 3.03. The largest absolute Gasteiger partial charge is 0.507 e. The van der Waals surface area contributed by atoms with E-state index in [2.05, 4.69) is 0 Å². The van der Waals surface area contributed by atoms with Crippen LogP contribution in [0.2, 0.25) is 0 Å². The van der Waals surface area contributed by atoms with Gasteiger partial charge in [-0.1, -0.05) is 19.1 Å². The van der Waals surface area contributed by atoms with Crippen LogP contribution >= 0.6 is 0 Å². The van der Waals surface area contributed by atoms with Crippen molar-refractivity contribution < 1.29 is 23.8 Å². The maximum Gasteiger partial charge on any atom is 0.295 e. The SMILES string of the molecule is CCCOc1ccc(C(O)=C2C(=O)C(=O)N(CCCN(C)C)[C@@H]2c2ccc(F)cc2)cc1C. The van der Waals surface area contributed by atoms with Crippen LogP contribution in [0.25, 0.3) is 5.76 Å². The van der Waals surface area contributed by atoms with Crippen LogP contribution in [0.5, 0.6) is 5.75 Å². The number of benzene rings is 2. The molecule has 0 aliphatic carbocycles. The number of ketones is 1. The van der Waals surface area contributed by atoms with Crippen molar-refractivity contribution in [3.8, 4) is 5.75 Å². The van der Waals surface area contributed by atoms with Crippen LogP contribution in [0, 0.1) is 12.7 Å². The molecule has 0 unspecified atom stereocenters. The van der Waals surface area contributed by atoms with E-state index in [4.69, 9.17) is 4.74 Å². The first kappa shape index (κ1) is 24.5. The fourth-order valence-electron chi connectivity index (χ4n) is 3.99. The quantitative estimate of drug-likeness (QED) is 0.348. The van der Waals surface area contributed by atoms with E-state index in [0.717, 1.165) is 18.5 Å². The van der Waals surface area contributed by atoms with Crippen molar-refractivity contribution in [2.75, 3.05) is 33.8 Å². The molecule has 2 aromatic carbocycles. The molecule has 0 spiro atoms. The third-order valence-corrected chi connectivity index (χ3v) is 5.64. The van der Waals surface area contributed by atoms with Crippen molar-refractivity contribution in [3.05, 3.63) is 70.5 Å². The van der Waals surface area contributed by atoms with E-state index in [0.29, 0.717) is 36.4 Å². The summed E-state index contributed by atoms with van der Waals surface area (Å²) in [6, 6.07) is 10.1. The number of rotatable bonds is 9. The van der Waals surface area contributed by atoms with Crippen molar-refractivity contribution in [1.29, 1.82) is 0 Å². The number of aliphatic hydroxyl groups is 1. The summed E-state index contributed by atoms with van der Waals surface area (Å²) in [5, 5.41) is 11.2. The number of aliphatic hydroxyl groups excluding tert-OH is 1. The Kier molecular flexibility index (Phi) is 7.87. The standard InChI is InChI=1S/C26H31FN2O4/c1-5-15-33-21-12-9-19(16-17(21)2)24(30)22-23(18-7-10-20(27)11-8-18)29(26(32)25(22)31)14-6-13-28(3)4/h7-12,16,23,30H,5-6,13-15H2,1-4H3/t23-/m1/s1. The molecule has 33 heavy (non-hydrogen) atoms. The minimum absolute atomic E-state index is 0.0121. The van der Waals surface area contributed by atoms with Crippen LogP contribution in [-0.4, -0.2) is 60.4 Å². The van der Waals surface area contributed by atoms with Gasteiger partial charge in [0.1, 0.15) is 17.3 Å². The maximum atomic E-state index is 13.6. The van der Waals surface area contributed by atoms with Gasteiger partial charge < -0.3 is 19.6 Å². The number of carbonyl (C=O) groups excluding carboxylic acids is 2. The highest BCUT2D eigenvalue weighted by Crippen LogP contribution is 2.40. The Balaban J connectivity index is 2.05. The van der Waals surface area contributed by atoms with Gasteiger partial charge in [-0.2, -0.15) is 0 Å². The molecule has 0 saturated carbocycles. The van der Waals surface area contributed by atoms with E-state index in [1.165, 1.54) is 17.0 Å². The number of Topliss-reactive ketones (excluding diaryl/α,β-unsaturated/α-hetero) is 1. The molecular weight excluding hydrogens is 423 g/mol. The molecule has 1 atom stereocenters. The normalized spacial score (nSPS) is 17.8. The molecule has 0 aromatic heterocycles. The summed E-state index contributed by atoms with van der Waals surface area (Å²) in [6.45, 7) is 5.53. The lowest BCUT2D eigenvalue weighted by Crippen LogP contribution is -2.32. The predicted octanol–water partition coefficient (Wildman–Crippen LogP) is 4.30. The number of carbonyl (C=O) groups is 2. The first-order chi connectivity index (χ1) is 15.7. The third kappa shape index (κ3) is 5.42. The van der Waals surface area contributed by atoms with Gasteiger partial charge in [0.05, 0.1) is 18.2 Å². The molecule has 1 saturated heterocycles. The minimum Gasteiger partial charge on any atom is -0.507 e. The summed E-state index contributed by atoms with van der Waals surface area (Å²) in [5.74, 6) is -1.36. The molecule has 1 aliphatic heterocycles. The third-order valence-electron chi connectivity index (χ3n) is 5.64. The van der Waals surface area contributed by atoms with Crippen LogP contribution in [-0.2, 0) is 9.59 Å². The van der Waals surface area contributed by atoms with Crippen LogP contribution in [0.3, 0.4) is 0 Å². The second-order valence-corrected chi connectivity index (χ2v) is 8.53. The predicted molar refractivity (Wildman–Crippen MR) is 126 cm³/mol. The van der Waals surface area contributed by atoms with Gasteiger partial charge in [-0.25, -0.2) is 4.39 Å². The van der Waals surface area contributed by atoms with Crippen molar-refractivity contribution in [2.24, 2.45) is 0 Å². The van der Waals surface area contributed by atoms with Gasteiger partial charge in [-0.15, -0.1) is 0 Å². The molecule has 0 radical (unpaired) electrons. The van der Waals surface area contributed by atoms with Gasteiger partial charge in [0.25, 0.3) is 11.7 Å². The second-order valence-electron chi connectivity index (χ2n) is 8.53. The molecule has 6 nitrogen and oxygen atoms in total. The number of ether oxygens (including phenoxy) is 1. The highest BCUT2D eigenvalue weighted by Gasteiger charge is 2.45. The Morgan fingerprint density at radius 3 is 2.45 bits per heavy atom. The smallest absolute Gasteiger partial charge is 0.295 e. The molecule has 176 valence electrons. The van der Waals surface area contributed by atoms with Crippen molar-refractivity contribution in [3.63, 3.8) is 0 Å². The van der Waals surface area contributed by atoms with Gasteiger partial charge in [-0.3, -0.25) is 9.59 Å². The number of likely N-dealkylation sites (tertiary alicyclic amines) is 1. The average molecular weight is 455 g/mol. The lowest BCUT2D eigenvalue weighted by Gasteiger charge is -2.26. The van der Waals surface area contributed by atoms with E-state index in [9.17, 15) is 19.1 Å². The number of hydrogen-bond acceptors (Lipinski definition) is 5. The van der Waals surface area contributed by atoms with Crippen LogP contribution in [0.1, 0.15) is 42.5 Å². The van der Waals surface area contributed by atoms with Crippen LogP contribution in [0.15, 0.2) is 48.0 Å². The molecule has 3 rings (SSSR count).